The van der Waals surface area contributed by atoms with E-state index >= 15 is 0 Å². The maximum atomic E-state index is 13.0. The number of aromatic nitrogens is 1. The zero-order valence-corrected chi connectivity index (χ0v) is 18.3. The van der Waals surface area contributed by atoms with Gasteiger partial charge in [-0.25, -0.2) is 8.42 Å². The van der Waals surface area contributed by atoms with E-state index in [4.69, 9.17) is 9.47 Å². The van der Waals surface area contributed by atoms with E-state index in [-0.39, 0.29) is 16.7 Å². The van der Waals surface area contributed by atoms with Crippen LogP contribution < -0.4 is 14.8 Å². The highest BCUT2D eigenvalue weighted by Crippen LogP contribution is 2.38. The monoisotopic (exact) mass is 433 g/mol. The third kappa shape index (κ3) is 3.79. The smallest absolute Gasteiger partial charge is 0.272 e. The second-order valence-corrected chi connectivity index (χ2v) is 9.70. The number of fused-ring (bicyclic) bond motifs is 1. The lowest BCUT2D eigenvalue weighted by Crippen LogP contribution is -2.27. The average molecular weight is 434 g/mol. The Hall–Kier alpha value is -2.52. The molecule has 4 rings (SSSR count). The van der Waals surface area contributed by atoms with Crippen molar-refractivity contribution in [1.29, 1.82) is 0 Å². The number of rotatable bonds is 6. The van der Waals surface area contributed by atoms with Crippen LogP contribution in [0.15, 0.2) is 29.3 Å². The largest absolute Gasteiger partial charge is 0.492 e. The van der Waals surface area contributed by atoms with Crippen LogP contribution in [0.3, 0.4) is 0 Å². The number of carbonyl (C=O) groups excluding carboxylic acids is 1. The number of carbonyl (C=O) groups is 1. The summed E-state index contributed by atoms with van der Waals surface area (Å²) in [5.74, 6) is 0.888. The molecule has 30 heavy (non-hydrogen) atoms. The average Bonchev–Trinajstić information content (AvgIpc) is 3.41. The number of aryl methyl sites for hydroxylation is 1. The van der Waals surface area contributed by atoms with Gasteiger partial charge in [0, 0.05) is 44.4 Å². The minimum atomic E-state index is -3.59. The first kappa shape index (κ1) is 20.7. The number of hydrogen-bond donors (Lipinski definition) is 1. The van der Waals surface area contributed by atoms with E-state index in [1.165, 1.54) is 21.1 Å². The molecule has 1 aromatic heterocycles. The quantitative estimate of drug-likeness (QED) is 0.757. The number of nitrogens with one attached hydrogen (secondary N) is 1. The van der Waals surface area contributed by atoms with Gasteiger partial charge in [-0.15, -0.1) is 0 Å². The van der Waals surface area contributed by atoms with Crippen molar-refractivity contribution >= 4 is 21.6 Å². The van der Waals surface area contributed by atoms with Crippen LogP contribution >= 0.6 is 0 Å². The molecule has 9 heteroatoms. The zero-order valence-electron chi connectivity index (χ0n) is 17.5. The van der Waals surface area contributed by atoms with Gasteiger partial charge in [-0.05, 0) is 38.8 Å². The molecule has 0 radical (unpaired) electrons. The van der Waals surface area contributed by atoms with Crippen LogP contribution in [0, 0.1) is 0 Å². The zero-order chi connectivity index (χ0) is 21.5. The molecule has 162 valence electrons. The standard InChI is InChI=1S/C21H27N3O5S/c1-4-28-20-10-15-9-14(2)29-19(15)12-17(20)22-21(25)18-11-16(13-23(18)3)30(26,27)24-7-5-6-8-24/h10-14H,4-9H2,1-3H3,(H,22,25)/t14-/m1/s1. The van der Waals surface area contributed by atoms with E-state index in [0.29, 0.717) is 31.1 Å². The normalized spacial score (nSPS) is 18.8. The van der Waals surface area contributed by atoms with Crippen LogP contribution in [0.1, 0.15) is 42.7 Å². The van der Waals surface area contributed by atoms with Gasteiger partial charge in [-0.1, -0.05) is 0 Å². The predicted octanol–water partition coefficient (Wildman–Crippen LogP) is 2.78. The van der Waals surface area contributed by atoms with Gasteiger partial charge in [0.1, 0.15) is 28.2 Å². The van der Waals surface area contributed by atoms with Gasteiger partial charge in [0.15, 0.2) is 0 Å². The van der Waals surface area contributed by atoms with Crippen molar-refractivity contribution in [3.63, 3.8) is 0 Å². The van der Waals surface area contributed by atoms with E-state index in [1.807, 2.05) is 19.9 Å². The fourth-order valence-electron chi connectivity index (χ4n) is 3.98. The van der Waals surface area contributed by atoms with Crippen molar-refractivity contribution in [3.05, 3.63) is 35.7 Å². The molecule has 0 unspecified atom stereocenters. The second-order valence-electron chi connectivity index (χ2n) is 7.76. The van der Waals surface area contributed by atoms with Gasteiger partial charge in [-0.2, -0.15) is 4.31 Å². The summed E-state index contributed by atoms with van der Waals surface area (Å²) in [6.07, 6.45) is 4.07. The fraction of sp³-hybridized carbons (Fsp3) is 0.476. The first-order valence-electron chi connectivity index (χ1n) is 10.2. The lowest BCUT2D eigenvalue weighted by Gasteiger charge is -2.14. The third-order valence-electron chi connectivity index (χ3n) is 5.46. The van der Waals surface area contributed by atoms with Crippen LogP contribution in [-0.2, 0) is 23.5 Å². The summed E-state index contributed by atoms with van der Waals surface area (Å²) in [7, 11) is -1.93. The number of ether oxygens (including phenoxy) is 2. The van der Waals surface area contributed by atoms with E-state index in [2.05, 4.69) is 5.32 Å². The Balaban J connectivity index is 1.61. The highest BCUT2D eigenvalue weighted by molar-refractivity contribution is 7.89. The summed E-state index contributed by atoms with van der Waals surface area (Å²) in [5.41, 5.74) is 1.80. The maximum Gasteiger partial charge on any atom is 0.272 e. The van der Waals surface area contributed by atoms with Crippen LogP contribution in [0.4, 0.5) is 5.69 Å². The lowest BCUT2D eigenvalue weighted by atomic mass is 10.1. The number of nitrogens with zero attached hydrogens (tertiary/aromatic N) is 2. The fourth-order valence-corrected chi connectivity index (χ4v) is 5.57. The summed E-state index contributed by atoms with van der Waals surface area (Å²) in [4.78, 5) is 13.1. The van der Waals surface area contributed by atoms with Crippen LogP contribution in [0.5, 0.6) is 11.5 Å². The highest BCUT2D eigenvalue weighted by atomic mass is 32.2. The summed E-state index contributed by atoms with van der Waals surface area (Å²) >= 11 is 0. The SMILES string of the molecule is CCOc1cc2c(cc1NC(=O)c1cc(S(=O)(=O)N3CCCC3)cn1C)O[C@H](C)C2. The molecule has 1 fully saturated rings. The molecular formula is C21H27N3O5S. The molecule has 0 bridgehead atoms. The number of benzene rings is 1. The van der Waals surface area contributed by atoms with Gasteiger partial charge in [-0.3, -0.25) is 4.79 Å². The third-order valence-corrected chi connectivity index (χ3v) is 7.33. The van der Waals surface area contributed by atoms with Gasteiger partial charge in [0.05, 0.1) is 12.3 Å². The Morgan fingerprint density at radius 3 is 2.70 bits per heavy atom. The number of hydrogen-bond acceptors (Lipinski definition) is 5. The van der Waals surface area contributed by atoms with E-state index in [1.54, 1.807) is 13.1 Å². The minimum absolute atomic E-state index is 0.0756. The molecule has 0 spiro atoms. The molecule has 1 aromatic carbocycles. The van der Waals surface area contributed by atoms with Gasteiger partial charge in [0.25, 0.3) is 5.91 Å². The van der Waals surface area contributed by atoms with Gasteiger partial charge in [0.2, 0.25) is 10.0 Å². The molecule has 0 aliphatic carbocycles. The van der Waals surface area contributed by atoms with Crippen LogP contribution in [0.25, 0.3) is 0 Å². The summed E-state index contributed by atoms with van der Waals surface area (Å²) in [6.45, 7) is 5.37. The van der Waals surface area contributed by atoms with E-state index < -0.39 is 15.9 Å². The first-order chi connectivity index (χ1) is 14.3. The molecule has 3 heterocycles. The minimum Gasteiger partial charge on any atom is -0.492 e. The Kier molecular flexibility index (Phi) is 5.50. The van der Waals surface area contributed by atoms with E-state index in [9.17, 15) is 13.2 Å². The Bertz CT molecular complexity index is 1070. The lowest BCUT2D eigenvalue weighted by molar-refractivity contribution is 0.101. The van der Waals surface area contributed by atoms with Gasteiger partial charge >= 0.3 is 0 Å². The molecular weight excluding hydrogens is 406 g/mol. The summed E-state index contributed by atoms with van der Waals surface area (Å²) in [5, 5.41) is 2.86. The van der Waals surface area contributed by atoms with Gasteiger partial charge < -0.3 is 19.4 Å². The molecule has 2 aromatic rings. The Morgan fingerprint density at radius 1 is 1.27 bits per heavy atom. The predicted molar refractivity (Wildman–Crippen MR) is 113 cm³/mol. The number of sulfonamides is 1. The van der Waals surface area contributed by atoms with Crippen molar-refractivity contribution in [3.8, 4) is 11.5 Å². The number of amides is 1. The molecule has 1 amide bonds. The van der Waals surface area contributed by atoms with Crippen molar-refractivity contribution in [2.75, 3.05) is 25.0 Å². The maximum absolute atomic E-state index is 13.0. The first-order valence-corrected chi connectivity index (χ1v) is 11.7. The van der Waals surface area contributed by atoms with Crippen molar-refractivity contribution in [2.24, 2.45) is 7.05 Å². The summed E-state index contributed by atoms with van der Waals surface area (Å²) < 4.78 is 40.2. The topological polar surface area (TPSA) is 89.9 Å². The van der Waals surface area contributed by atoms with Crippen molar-refractivity contribution in [1.82, 2.24) is 8.87 Å². The number of anilines is 1. The Morgan fingerprint density at radius 2 is 2.00 bits per heavy atom. The molecule has 1 N–H and O–H groups in total. The molecule has 8 nitrogen and oxygen atoms in total. The Labute approximate surface area is 176 Å². The van der Waals surface area contributed by atoms with E-state index in [0.717, 1.165) is 30.6 Å². The second kappa shape index (κ2) is 7.96. The van der Waals surface area contributed by atoms with Crippen LogP contribution in [0.2, 0.25) is 0 Å². The summed E-state index contributed by atoms with van der Waals surface area (Å²) in [6, 6.07) is 5.09. The molecule has 2 aliphatic heterocycles. The van der Waals surface area contributed by atoms with Crippen molar-refractivity contribution in [2.45, 2.75) is 44.1 Å². The molecule has 1 atom stereocenters. The van der Waals surface area contributed by atoms with Crippen LogP contribution in [-0.4, -0.2) is 49.0 Å². The van der Waals surface area contributed by atoms with Crippen molar-refractivity contribution < 1.29 is 22.7 Å². The molecule has 0 saturated carbocycles. The molecule has 2 aliphatic rings. The molecule has 1 saturated heterocycles. The highest BCUT2D eigenvalue weighted by Gasteiger charge is 2.30.